The molecule has 0 radical (unpaired) electrons. The van der Waals surface area contributed by atoms with Gasteiger partial charge in [-0.25, -0.2) is 0 Å². The second-order valence-corrected chi connectivity index (χ2v) is 6.74. The number of amides is 2. The van der Waals surface area contributed by atoms with E-state index in [2.05, 4.69) is 4.90 Å². The third kappa shape index (κ3) is 3.74. The molecule has 0 saturated carbocycles. The fourth-order valence-electron chi connectivity index (χ4n) is 2.20. The topological polar surface area (TPSA) is 69.9 Å². The number of hydrogen-bond acceptors (Lipinski definition) is 5. The van der Waals surface area contributed by atoms with Crippen molar-refractivity contribution in [3.8, 4) is 0 Å². The zero-order valence-corrected chi connectivity index (χ0v) is 13.6. The van der Waals surface area contributed by atoms with Gasteiger partial charge in [0.1, 0.15) is 0 Å². The summed E-state index contributed by atoms with van der Waals surface area (Å²) in [6.45, 7) is 5.09. The monoisotopic (exact) mass is 310 g/mol. The average Bonchev–Trinajstić information content (AvgIpc) is 2.78. The second-order valence-electron chi connectivity index (χ2n) is 5.48. The van der Waals surface area contributed by atoms with E-state index in [0.29, 0.717) is 30.2 Å². The number of aryl methyl sites for hydroxylation is 1. The molecule has 6 nitrogen and oxygen atoms in total. The van der Waals surface area contributed by atoms with Crippen molar-refractivity contribution >= 4 is 28.8 Å². The van der Waals surface area contributed by atoms with Gasteiger partial charge in [0.2, 0.25) is 5.91 Å². The van der Waals surface area contributed by atoms with E-state index in [1.165, 1.54) is 11.3 Å². The van der Waals surface area contributed by atoms with Crippen LogP contribution in [0.25, 0.3) is 0 Å². The standard InChI is InChI=1S/C14H22N4O2S/c1-10-11(15)8-12(21-10)14(20)18-6-4-17(5-7-18)9-13(19)16(2)3/h8H,4-7,9,15H2,1-3H3. The smallest absolute Gasteiger partial charge is 0.264 e. The molecule has 2 amide bonds. The van der Waals surface area contributed by atoms with Gasteiger partial charge in [0, 0.05) is 50.8 Å². The predicted molar refractivity (Wildman–Crippen MR) is 84.5 cm³/mol. The number of carbonyl (C=O) groups excluding carboxylic acids is 2. The molecule has 2 heterocycles. The Kier molecular flexibility index (Phi) is 4.84. The summed E-state index contributed by atoms with van der Waals surface area (Å²) in [7, 11) is 3.51. The van der Waals surface area contributed by atoms with Crippen LogP contribution >= 0.6 is 11.3 Å². The van der Waals surface area contributed by atoms with Gasteiger partial charge < -0.3 is 15.5 Å². The first-order chi connectivity index (χ1) is 9.88. The van der Waals surface area contributed by atoms with Gasteiger partial charge in [-0.2, -0.15) is 0 Å². The van der Waals surface area contributed by atoms with E-state index in [1.807, 2.05) is 11.8 Å². The Morgan fingerprint density at radius 2 is 1.90 bits per heavy atom. The quantitative estimate of drug-likeness (QED) is 0.882. The first-order valence-electron chi connectivity index (χ1n) is 6.96. The van der Waals surface area contributed by atoms with Gasteiger partial charge in [0.05, 0.1) is 11.4 Å². The number of rotatable bonds is 3. The minimum atomic E-state index is 0.0402. The Balaban J connectivity index is 1.89. The third-order valence-electron chi connectivity index (χ3n) is 3.68. The molecule has 7 heteroatoms. The fourth-order valence-corrected chi connectivity index (χ4v) is 3.11. The molecular weight excluding hydrogens is 288 g/mol. The molecule has 2 rings (SSSR count). The SMILES string of the molecule is Cc1sc(C(=O)N2CCN(CC(=O)N(C)C)CC2)cc1N. The van der Waals surface area contributed by atoms with Crippen molar-refractivity contribution in [2.45, 2.75) is 6.92 Å². The summed E-state index contributed by atoms with van der Waals surface area (Å²) in [6.07, 6.45) is 0. The molecule has 1 aliphatic rings. The van der Waals surface area contributed by atoms with Gasteiger partial charge in [0.25, 0.3) is 5.91 Å². The van der Waals surface area contributed by atoms with Crippen LogP contribution in [0.2, 0.25) is 0 Å². The molecule has 116 valence electrons. The zero-order chi connectivity index (χ0) is 15.6. The van der Waals surface area contributed by atoms with E-state index in [-0.39, 0.29) is 11.8 Å². The predicted octanol–water partition coefficient (Wildman–Crippen LogP) is 0.485. The van der Waals surface area contributed by atoms with E-state index in [4.69, 9.17) is 5.73 Å². The molecule has 1 aliphatic heterocycles. The minimum Gasteiger partial charge on any atom is -0.398 e. The lowest BCUT2D eigenvalue weighted by Gasteiger charge is -2.34. The molecule has 1 aromatic rings. The molecule has 21 heavy (non-hydrogen) atoms. The summed E-state index contributed by atoms with van der Waals surface area (Å²) in [5.41, 5.74) is 6.48. The minimum absolute atomic E-state index is 0.0402. The average molecular weight is 310 g/mol. The summed E-state index contributed by atoms with van der Waals surface area (Å²) >= 11 is 1.44. The Morgan fingerprint density at radius 3 is 2.38 bits per heavy atom. The van der Waals surface area contributed by atoms with Gasteiger partial charge >= 0.3 is 0 Å². The highest BCUT2D eigenvalue weighted by molar-refractivity contribution is 7.14. The normalized spacial score (nSPS) is 16.0. The lowest BCUT2D eigenvalue weighted by molar-refractivity contribution is -0.130. The van der Waals surface area contributed by atoms with Crippen LogP contribution in [0.4, 0.5) is 5.69 Å². The van der Waals surface area contributed by atoms with Gasteiger partial charge in [-0.15, -0.1) is 11.3 Å². The molecule has 0 aliphatic carbocycles. The third-order valence-corrected chi connectivity index (χ3v) is 4.74. The number of hydrogen-bond donors (Lipinski definition) is 1. The Hall–Kier alpha value is -1.60. The lowest BCUT2D eigenvalue weighted by atomic mass is 10.2. The van der Waals surface area contributed by atoms with Crippen molar-refractivity contribution in [2.75, 3.05) is 52.6 Å². The van der Waals surface area contributed by atoms with Crippen LogP contribution in [0, 0.1) is 6.92 Å². The van der Waals surface area contributed by atoms with Gasteiger partial charge in [-0.1, -0.05) is 0 Å². The lowest BCUT2D eigenvalue weighted by Crippen LogP contribution is -2.50. The van der Waals surface area contributed by atoms with Crippen LogP contribution in [0.3, 0.4) is 0 Å². The first-order valence-corrected chi connectivity index (χ1v) is 7.78. The van der Waals surface area contributed by atoms with E-state index in [0.717, 1.165) is 18.0 Å². The maximum atomic E-state index is 12.4. The number of piperazine rings is 1. The second kappa shape index (κ2) is 6.44. The number of nitrogens with zero attached hydrogens (tertiary/aromatic N) is 3. The molecule has 0 bridgehead atoms. The van der Waals surface area contributed by atoms with Crippen LogP contribution in [0.15, 0.2) is 6.07 Å². The molecule has 1 fully saturated rings. The van der Waals surface area contributed by atoms with Crippen molar-refractivity contribution in [1.29, 1.82) is 0 Å². The molecule has 0 aromatic carbocycles. The number of anilines is 1. The number of carbonyl (C=O) groups is 2. The zero-order valence-electron chi connectivity index (χ0n) is 12.8. The van der Waals surface area contributed by atoms with Crippen molar-refractivity contribution in [1.82, 2.24) is 14.7 Å². The van der Waals surface area contributed by atoms with Crippen molar-refractivity contribution in [3.63, 3.8) is 0 Å². The van der Waals surface area contributed by atoms with Crippen molar-refractivity contribution in [3.05, 3.63) is 15.8 Å². The fraction of sp³-hybridized carbons (Fsp3) is 0.571. The van der Waals surface area contributed by atoms with Crippen LogP contribution in [0.5, 0.6) is 0 Å². The number of nitrogen functional groups attached to an aromatic ring is 1. The number of thiophene rings is 1. The van der Waals surface area contributed by atoms with Crippen LogP contribution in [0.1, 0.15) is 14.5 Å². The van der Waals surface area contributed by atoms with Crippen molar-refractivity contribution in [2.24, 2.45) is 0 Å². The maximum absolute atomic E-state index is 12.4. The molecule has 1 saturated heterocycles. The van der Waals surface area contributed by atoms with Gasteiger partial charge in [0.15, 0.2) is 0 Å². The summed E-state index contributed by atoms with van der Waals surface area (Å²) < 4.78 is 0. The summed E-state index contributed by atoms with van der Waals surface area (Å²) in [4.78, 5) is 31.3. The van der Waals surface area contributed by atoms with Crippen LogP contribution < -0.4 is 5.73 Å². The van der Waals surface area contributed by atoms with Gasteiger partial charge in [-0.3, -0.25) is 14.5 Å². The van der Waals surface area contributed by atoms with Gasteiger partial charge in [-0.05, 0) is 13.0 Å². The molecule has 2 N–H and O–H groups in total. The van der Waals surface area contributed by atoms with Crippen LogP contribution in [-0.4, -0.2) is 73.3 Å². The highest BCUT2D eigenvalue weighted by Crippen LogP contribution is 2.25. The van der Waals surface area contributed by atoms with E-state index in [1.54, 1.807) is 25.1 Å². The number of likely N-dealkylation sites (N-methyl/N-ethyl adjacent to an activating group) is 1. The Bertz CT molecular complexity index is 514. The number of nitrogens with two attached hydrogens (primary N) is 1. The molecule has 1 aromatic heterocycles. The van der Waals surface area contributed by atoms with Crippen molar-refractivity contribution < 1.29 is 9.59 Å². The van der Waals surface area contributed by atoms with Crippen LogP contribution in [-0.2, 0) is 4.79 Å². The highest BCUT2D eigenvalue weighted by atomic mass is 32.1. The summed E-state index contributed by atoms with van der Waals surface area (Å²) in [5.74, 6) is 0.134. The van der Waals surface area contributed by atoms with E-state index >= 15 is 0 Å². The first kappa shape index (κ1) is 15.8. The molecule has 0 atom stereocenters. The molecule has 0 spiro atoms. The Morgan fingerprint density at radius 1 is 1.29 bits per heavy atom. The summed E-state index contributed by atoms with van der Waals surface area (Å²) in [5, 5.41) is 0. The molecule has 0 unspecified atom stereocenters. The largest absolute Gasteiger partial charge is 0.398 e. The van der Waals surface area contributed by atoms with E-state index in [9.17, 15) is 9.59 Å². The van der Waals surface area contributed by atoms with E-state index < -0.39 is 0 Å². The molecular formula is C14H22N4O2S. The maximum Gasteiger partial charge on any atom is 0.264 e. The Labute approximate surface area is 129 Å². The highest BCUT2D eigenvalue weighted by Gasteiger charge is 2.24. The summed E-state index contributed by atoms with van der Waals surface area (Å²) in [6, 6.07) is 1.75.